The van der Waals surface area contributed by atoms with Gasteiger partial charge in [0.15, 0.2) is 11.5 Å². The first kappa shape index (κ1) is 23.7. The predicted molar refractivity (Wildman–Crippen MR) is 113 cm³/mol. The molecule has 0 radical (unpaired) electrons. The van der Waals surface area contributed by atoms with E-state index in [-0.39, 0.29) is 19.0 Å². The van der Waals surface area contributed by atoms with E-state index in [1.54, 1.807) is 17.0 Å². The average Bonchev–Trinajstić information content (AvgIpc) is 3.01. The first-order valence-electron chi connectivity index (χ1n) is 10.3. The van der Waals surface area contributed by atoms with Crippen LogP contribution in [0.3, 0.4) is 0 Å². The molecule has 1 amide bonds. The van der Waals surface area contributed by atoms with Crippen molar-refractivity contribution in [1.82, 2.24) is 9.80 Å². The minimum Gasteiger partial charge on any atom is -0.493 e. The third-order valence-electron chi connectivity index (χ3n) is 5.21. The molecule has 0 aromatic heterocycles. The number of carbonyl (C=O) groups excluding carboxylic acids is 1. The second-order valence-corrected chi connectivity index (χ2v) is 7.52. The zero-order valence-electron chi connectivity index (χ0n) is 18.2. The molecule has 3 rings (SSSR count). The SMILES string of the molecule is COc1cc(C(=O)N2CCCN(CC(F)(F)F)CC2)cc(OC)c1OCc1ccccc1. The number of rotatable bonds is 7. The summed E-state index contributed by atoms with van der Waals surface area (Å²) in [4.78, 5) is 16.0. The second kappa shape index (κ2) is 10.6. The van der Waals surface area contributed by atoms with Crippen molar-refractivity contribution < 1.29 is 32.2 Å². The summed E-state index contributed by atoms with van der Waals surface area (Å²) in [7, 11) is 2.94. The number of hydrogen-bond acceptors (Lipinski definition) is 5. The fourth-order valence-electron chi connectivity index (χ4n) is 3.64. The van der Waals surface area contributed by atoms with Crippen molar-refractivity contribution in [1.29, 1.82) is 0 Å². The van der Waals surface area contributed by atoms with Crippen molar-refractivity contribution in [2.45, 2.75) is 19.2 Å². The number of halogens is 3. The molecule has 6 nitrogen and oxygen atoms in total. The summed E-state index contributed by atoms with van der Waals surface area (Å²) in [5.41, 5.74) is 1.29. The van der Waals surface area contributed by atoms with Crippen LogP contribution in [0.4, 0.5) is 13.2 Å². The fourth-order valence-corrected chi connectivity index (χ4v) is 3.64. The van der Waals surface area contributed by atoms with E-state index in [1.165, 1.54) is 19.1 Å². The molecule has 2 aromatic carbocycles. The van der Waals surface area contributed by atoms with Gasteiger partial charge < -0.3 is 19.1 Å². The molecule has 0 bridgehead atoms. The Morgan fingerprint density at radius 1 is 0.969 bits per heavy atom. The maximum absolute atomic E-state index is 13.1. The first-order chi connectivity index (χ1) is 15.3. The fraction of sp³-hybridized carbons (Fsp3) is 0.435. The van der Waals surface area contributed by atoms with E-state index in [0.717, 1.165) is 5.56 Å². The predicted octanol–water partition coefficient (Wildman–Crippen LogP) is 3.99. The van der Waals surface area contributed by atoms with Crippen LogP contribution in [0.15, 0.2) is 42.5 Å². The van der Waals surface area contributed by atoms with Crippen LogP contribution in [0.2, 0.25) is 0 Å². The van der Waals surface area contributed by atoms with Gasteiger partial charge in [0, 0.05) is 31.7 Å². The normalized spacial score (nSPS) is 15.2. The summed E-state index contributed by atoms with van der Waals surface area (Å²) >= 11 is 0. The molecule has 0 unspecified atom stereocenters. The van der Waals surface area contributed by atoms with E-state index in [2.05, 4.69) is 0 Å². The van der Waals surface area contributed by atoms with Crippen LogP contribution in [0.5, 0.6) is 17.2 Å². The van der Waals surface area contributed by atoms with E-state index in [4.69, 9.17) is 14.2 Å². The second-order valence-electron chi connectivity index (χ2n) is 7.52. The van der Waals surface area contributed by atoms with Gasteiger partial charge in [0.1, 0.15) is 6.61 Å². The number of alkyl halides is 3. The molecule has 174 valence electrons. The molecule has 0 N–H and O–H groups in total. The largest absolute Gasteiger partial charge is 0.493 e. The van der Waals surface area contributed by atoms with Crippen LogP contribution in [0.1, 0.15) is 22.3 Å². The lowest BCUT2D eigenvalue weighted by Crippen LogP contribution is -2.38. The number of benzene rings is 2. The van der Waals surface area contributed by atoms with Crippen molar-refractivity contribution in [3.05, 3.63) is 53.6 Å². The molecule has 1 heterocycles. The van der Waals surface area contributed by atoms with Crippen LogP contribution < -0.4 is 14.2 Å². The smallest absolute Gasteiger partial charge is 0.401 e. The number of nitrogens with zero attached hydrogens (tertiary/aromatic N) is 2. The molecule has 1 aliphatic rings. The standard InChI is InChI=1S/C23H27F3N2O4/c1-30-19-13-18(14-20(31-2)21(19)32-15-17-7-4-3-5-8-17)22(29)28-10-6-9-27(11-12-28)16-23(24,25)26/h3-5,7-8,13-14H,6,9-12,15-16H2,1-2H3. The molecule has 32 heavy (non-hydrogen) atoms. The molecule has 0 atom stereocenters. The minimum absolute atomic E-state index is 0.164. The summed E-state index contributed by atoms with van der Waals surface area (Å²) in [6, 6.07) is 12.7. The number of carbonyl (C=O) groups is 1. The van der Waals surface area contributed by atoms with Gasteiger partial charge in [-0.25, -0.2) is 0 Å². The van der Waals surface area contributed by atoms with Crippen LogP contribution in [-0.2, 0) is 6.61 Å². The van der Waals surface area contributed by atoms with E-state index in [0.29, 0.717) is 48.9 Å². The topological polar surface area (TPSA) is 51.2 Å². The maximum Gasteiger partial charge on any atom is 0.401 e. The van der Waals surface area contributed by atoms with Gasteiger partial charge in [0.05, 0.1) is 20.8 Å². The summed E-state index contributed by atoms with van der Waals surface area (Å²) in [5, 5.41) is 0. The Kier molecular flexibility index (Phi) is 7.84. The number of amides is 1. The van der Waals surface area contributed by atoms with E-state index < -0.39 is 12.7 Å². The third kappa shape index (κ3) is 6.29. The third-order valence-corrected chi connectivity index (χ3v) is 5.21. The van der Waals surface area contributed by atoms with Crippen molar-refractivity contribution in [2.75, 3.05) is 46.9 Å². The van der Waals surface area contributed by atoms with E-state index in [1.807, 2.05) is 30.3 Å². The van der Waals surface area contributed by atoms with Gasteiger partial charge in [-0.15, -0.1) is 0 Å². The van der Waals surface area contributed by atoms with Crippen molar-refractivity contribution in [2.24, 2.45) is 0 Å². The maximum atomic E-state index is 13.1. The van der Waals surface area contributed by atoms with Crippen molar-refractivity contribution in [3.8, 4) is 17.2 Å². The molecule has 1 aliphatic heterocycles. The van der Waals surface area contributed by atoms with Crippen LogP contribution in [0.25, 0.3) is 0 Å². The highest BCUT2D eigenvalue weighted by Crippen LogP contribution is 2.39. The molecule has 2 aromatic rings. The number of methoxy groups -OCH3 is 2. The summed E-state index contributed by atoms with van der Waals surface area (Å²) < 4.78 is 54.9. The number of ether oxygens (including phenoxy) is 3. The van der Waals surface area contributed by atoms with Crippen molar-refractivity contribution >= 4 is 5.91 Å². The van der Waals surface area contributed by atoms with Gasteiger partial charge in [0.25, 0.3) is 5.91 Å². The van der Waals surface area contributed by atoms with E-state index >= 15 is 0 Å². The Morgan fingerprint density at radius 3 is 2.22 bits per heavy atom. The Hall–Kier alpha value is -2.94. The Balaban J connectivity index is 1.75. The van der Waals surface area contributed by atoms with E-state index in [9.17, 15) is 18.0 Å². The van der Waals surface area contributed by atoms with Gasteiger partial charge in [-0.05, 0) is 24.1 Å². The lowest BCUT2D eigenvalue weighted by molar-refractivity contribution is -0.145. The molecule has 0 saturated carbocycles. The lowest BCUT2D eigenvalue weighted by Gasteiger charge is -2.23. The zero-order valence-corrected chi connectivity index (χ0v) is 18.2. The first-order valence-corrected chi connectivity index (χ1v) is 10.3. The quantitative estimate of drug-likeness (QED) is 0.636. The van der Waals surface area contributed by atoms with Crippen LogP contribution in [0, 0.1) is 0 Å². The van der Waals surface area contributed by atoms with Gasteiger partial charge >= 0.3 is 6.18 Å². The van der Waals surface area contributed by atoms with Gasteiger partial charge in [-0.1, -0.05) is 30.3 Å². The van der Waals surface area contributed by atoms with Crippen LogP contribution >= 0.6 is 0 Å². The number of hydrogen-bond donors (Lipinski definition) is 0. The highest BCUT2D eigenvalue weighted by molar-refractivity contribution is 5.95. The van der Waals surface area contributed by atoms with Crippen LogP contribution in [-0.4, -0.2) is 68.8 Å². The highest BCUT2D eigenvalue weighted by atomic mass is 19.4. The molecule has 1 saturated heterocycles. The Labute approximate surface area is 185 Å². The molecular formula is C23H27F3N2O4. The summed E-state index contributed by atoms with van der Waals surface area (Å²) in [6.07, 6.45) is -3.79. The lowest BCUT2D eigenvalue weighted by atomic mass is 10.1. The molecular weight excluding hydrogens is 425 g/mol. The Bertz CT molecular complexity index is 881. The molecule has 0 aliphatic carbocycles. The molecule has 1 fully saturated rings. The van der Waals surface area contributed by atoms with Crippen molar-refractivity contribution in [3.63, 3.8) is 0 Å². The zero-order chi connectivity index (χ0) is 23.1. The van der Waals surface area contributed by atoms with Gasteiger partial charge in [0.2, 0.25) is 5.75 Å². The average molecular weight is 452 g/mol. The monoisotopic (exact) mass is 452 g/mol. The van der Waals surface area contributed by atoms with Gasteiger partial charge in [-0.2, -0.15) is 13.2 Å². The Morgan fingerprint density at radius 2 is 1.62 bits per heavy atom. The highest BCUT2D eigenvalue weighted by Gasteiger charge is 2.32. The summed E-state index contributed by atoms with van der Waals surface area (Å²) in [5.74, 6) is 0.780. The molecule has 9 heteroatoms. The van der Waals surface area contributed by atoms with Gasteiger partial charge in [-0.3, -0.25) is 9.69 Å². The summed E-state index contributed by atoms with van der Waals surface area (Å²) in [6.45, 7) is 0.377. The molecule has 0 spiro atoms. The minimum atomic E-state index is -4.25.